The number of hydrogen-bond donors (Lipinski definition) is 1. The Morgan fingerprint density at radius 2 is 1.83 bits per heavy atom. The van der Waals surface area contributed by atoms with E-state index in [1.165, 1.54) is 6.07 Å². The Labute approximate surface area is 251 Å². The van der Waals surface area contributed by atoms with E-state index < -0.39 is 22.7 Å². The zero-order valence-corrected chi connectivity index (χ0v) is 25.5. The summed E-state index contributed by atoms with van der Waals surface area (Å²) >= 11 is 5.98. The van der Waals surface area contributed by atoms with E-state index in [0.29, 0.717) is 43.4 Å². The maximum absolute atomic E-state index is 14.5. The molecule has 8 nitrogen and oxygen atoms in total. The molecule has 1 saturated heterocycles. The molecule has 2 aliphatic rings. The van der Waals surface area contributed by atoms with Crippen LogP contribution in [0.25, 0.3) is 0 Å². The van der Waals surface area contributed by atoms with E-state index in [9.17, 15) is 14.0 Å². The lowest BCUT2D eigenvalue weighted by atomic mass is 9.78. The first kappa shape index (κ1) is 29.8. The van der Waals surface area contributed by atoms with E-state index in [2.05, 4.69) is 35.6 Å². The van der Waals surface area contributed by atoms with E-state index in [-0.39, 0.29) is 17.4 Å². The highest BCUT2D eigenvalue weighted by atomic mass is 35.5. The number of aromatic nitrogens is 2. The Bertz CT molecular complexity index is 1510. The first-order valence-corrected chi connectivity index (χ1v) is 14.6. The van der Waals surface area contributed by atoms with Crippen molar-refractivity contribution >= 4 is 35.1 Å². The van der Waals surface area contributed by atoms with Gasteiger partial charge in [-0.15, -0.1) is 0 Å². The third-order valence-corrected chi connectivity index (χ3v) is 8.58. The summed E-state index contributed by atoms with van der Waals surface area (Å²) in [5, 5.41) is 9.12. The van der Waals surface area contributed by atoms with Gasteiger partial charge in [0.2, 0.25) is 0 Å². The fraction of sp³-hybridized carbons (Fsp3) is 0.438. The van der Waals surface area contributed by atoms with E-state index in [4.69, 9.17) is 21.7 Å². The van der Waals surface area contributed by atoms with Gasteiger partial charge in [-0.25, -0.2) is 14.4 Å². The standard InChI is InChI=1S/C32H37ClFN5O3/c1-20(2)17-38-19-32(5,22-7-9-24(33)25(34)15-22)23-8-10-26(36-29(23)38)30(42)39-13-12-37(18-31(39,3)4)27-11-6-21(16-35-27)14-28(40)41/h6-11,15-16,20H,12-14,17-19H2,1-5H3,(H,40,41). The fourth-order valence-corrected chi connectivity index (χ4v) is 6.32. The summed E-state index contributed by atoms with van der Waals surface area (Å²) in [7, 11) is 0. The van der Waals surface area contributed by atoms with E-state index in [1.54, 1.807) is 24.4 Å². The molecule has 10 heteroatoms. The summed E-state index contributed by atoms with van der Waals surface area (Å²) < 4.78 is 14.5. The Balaban J connectivity index is 1.40. The van der Waals surface area contributed by atoms with Gasteiger partial charge < -0.3 is 19.8 Å². The second kappa shape index (κ2) is 11.2. The van der Waals surface area contributed by atoms with Crippen molar-refractivity contribution in [2.75, 3.05) is 42.5 Å². The number of carbonyl (C=O) groups excluding carboxylic acids is 1. The van der Waals surface area contributed by atoms with Gasteiger partial charge >= 0.3 is 5.97 Å². The molecule has 3 aromatic rings. The average molecular weight is 594 g/mol. The van der Waals surface area contributed by atoms with Gasteiger partial charge in [-0.3, -0.25) is 9.59 Å². The molecule has 5 rings (SSSR count). The number of rotatable bonds is 7. The lowest BCUT2D eigenvalue weighted by molar-refractivity contribution is -0.136. The molecule has 1 fully saturated rings. The number of piperazine rings is 1. The van der Waals surface area contributed by atoms with Crippen molar-refractivity contribution in [3.05, 3.63) is 81.9 Å². The average Bonchev–Trinajstić information content (AvgIpc) is 3.20. The first-order valence-electron chi connectivity index (χ1n) is 14.2. The highest BCUT2D eigenvalue weighted by Gasteiger charge is 2.43. The van der Waals surface area contributed by atoms with Crippen LogP contribution >= 0.6 is 11.6 Å². The van der Waals surface area contributed by atoms with Crippen molar-refractivity contribution in [1.29, 1.82) is 0 Å². The van der Waals surface area contributed by atoms with Gasteiger partial charge in [0.25, 0.3) is 5.91 Å². The SMILES string of the molecule is CC(C)CN1CC(C)(c2ccc(Cl)c(F)c2)c2ccc(C(=O)N3CCN(c4ccc(CC(=O)O)cn4)CC3(C)C)nc21. The summed E-state index contributed by atoms with van der Waals surface area (Å²) in [5.74, 6) is 0.391. The predicted molar refractivity (Wildman–Crippen MR) is 162 cm³/mol. The Kier molecular flexibility index (Phi) is 7.91. The van der Waals surface area contributed by atoms with Crippen molar-refractivity contribution in [3.8, 4) is 0 Å². The minimum Gasteiger partial charge on any atom is -0.481 e. The Morgan fingerprint density at radius 1 is 1.07 bits per heavy atom. The second-order valence-corrected chi connectivity index (χ2v) is 13.0. The van der Waals surface area contributed by atoms with Gasteiger partial charge in [0, 0.05) is 49.9 Å². The summed E-state index contributed by atoms with van der Waals surface area (Å²) in [6.07, 6.45) is 1.52. The number of carboxylic acids is 1. The molecule has 4 heterocycles. The second-order valence-electron chi connectivity index (χ2n) is 12.6. The van der Waals surface area contributed by atoms with E-state index in [1.807, 2.05) is 36.9 Å². The number of carbonyl (C=O) groups is 2. The minimum atomic E-state index is -0.895. The van der Waals surface area contributed by atoms with Gasteiger partial charge in [0.05, 0.1) is 17.0 Å². The molecule has 0 spiro atoms. The molecular weight excluding hydrogens is 557 g/mol. The van der Waals surface area contributed by atoms with Crippen LogP contribution in [0.2, 0.25) is 5.02 Å². The Morgan fingerprint density at radius 3 is 2.45 bits per heavy atom. The summed E-state index contributed by atoms with van der Waals surface area (Å²) in [6.45, 7) is 13.4. The van der Waals surface area contributed by atoms with Crippen LogP contribution in [0, 0.1) is 11.7 Å². The lowest BCUT2D eigenvalue weighted by Gasteiger charge is -2.47. The molecule has 0 radical (unpaired) electrons. The van der Waals surface area contributed by atoms with Crippen molar-refractivity contribution < 1.29 is 19.1 Å². The van der Waals surface area contributed by atoms with Gasteiger partial charge in [0.15, 0.2) is 0 Å². The maximum atomic E-state index is 14.5. The van der Waals surface area contributed by atoms with Gasteiger partial charge in [-0.05, 0) is 62.1 Å². The molecule has 2 aliphatic heterocycles. The van der Waals surface area contributed by atoms with Crippen LogP contribution in [0.1, 0.15) is 61.8 Å². The summed E-state index contributed by atoms with van der Waals surface area (Å²) in [6, 6.07) is 12.3. The van der Waals surface area contributed by atoms with Crippen LogP contribution in [0.3, 0.4) is 0 Å². The molecule has 1 N–H and O–H groups in total. The largest absolute Gasteiger partial charge is 0.481 e. The van der Waals surface area contributed by atoms with Crippen molar-refractivity contribution in [2.24, 2.45) is 5.92 Å². The van der Waals surface area contributed by atoms with Crippen LogP contribution in [0.4, 0.5) is 16.0 Å². The normalized spacial score (nSPS) is 19.8. The van der Waals surface area contributed by atoms with Crippen LogP contribution < -0.4 is 9.80 Å². The summed E-state index contributed by atoms with van der Waals surface area (Å²) in [5.41, 5.74) is 1.78. The van der Waals surface area contributed by atoms with E-state index in [0.717, 1.165) is 29.3 Å². The number of fused-ring (bicyclic) bond motifs is 1. The lowest BCUT2D eigenvalue weighted by Crippen LogP contribution is -2.61. The fourth-order valence-electron chi connectivity index (χ4n) is 6.21. The number of pyridine rings is 2. The van der Waals surface area contributed by atoms with Crippen molar-refractivity contribution in [1.82, 2.24) is 14.9 Å². The number of hydrogen-bond acceptors (Lipinski definition) is 6. The topological polar surface area (TPSA) is 89.9 Å². The number of nitrogens with zero attached hydrogens (tertiary/aromatic N) is 5. The number of anilines is 2. The summed E-state index contributed by atoms with van der Waals surface area (Å²) in [4.78, 5) is 40.5. The van der Waals surface area contributed by atoms with Crippen molar-refractivity contribution in [3.63, 3.8) is 0 Å². The number of benzene rings is 1. The molecule has 2 aromatic heterocycles. The first-order chi connectivity index (χ1) is 19.8. The molecule has 1 atom stereocenters. The molecule has 0 saturated carbocycles. The van der Waals surface area contributed by atoms with Crippen LogP contribution in [-0.2, 0) is 16.6 Å². The number of carboxylic acid groups (broad SMARTS) is 1. The third kappa shape index (κ3) is 5.67. The zero-order chi connectivity index (χ0) is 30.4. The van der Waals surface area contributed by atoms with Gasteiger partial charge in [0.1, 0.15) is 23.1 Å². The molecule has 1 amide bonds. The Hall–Kier alpha value is -3.72. The molecular formula is C32H37ClFN5O3. The van der Waals surface area contributed by atoms with Gasteiger partial charge in [-0.1, -0.05) is 43.6 Å². The minimum absolute atomic E-state index is 0.0703. The maximum Gasteiger partial charge on any atom is 0.307 e. The highest BCUT2D eigenvalue weighted by Crippen LogP contribution is 2.45. The molecule has 1 unspecified atom stereocenters. The van der Waals surface area contributed by atoms with E-state index >= 15 is 0 Å². The third-order valence-electron chi connectivity index (χ3n) is 8.27. The van der Waals surface area contributed by atoms with Crippen LogP contribution in [-0.4, -0.2) is 70.1 Å². The monoisotopic (exact) mass is 593 g/mol. The predicted octanol–water partition coefficient (Wildman–Crippen LogP) is 5.42. The van der Waals surface area contributed by atoms with Crippen LogP contribution in [0.5, 0.6) is 0 Å². The van der Waals surface area contributed by atoms with Crippen LogP contribution in [0.15, 0.2) is 48.7 Å². The quantitative estimate of drug-likeness (QED) is 0.391. The number of halogens is 2. The highest BCUT2D eigenvalue weighted by molar-refractivity contribution is 6.30. The molecule has 0 bridgehead atoms. The smallest absolute Gasteiger partial charge is 0.307 e. The van der Waals surface area contributed by atoms with Crippen molar-refractivity contribution in [2.45, 2.75) is 52.0 Å². The molecule has 0 aliphatic carbocycles. The van der Waals surface area contributed by atoms with Gasteiger partial charge in [-0.2, -0.15) is 0 Å². The number of amides is 1. The molecule has 1 aromatic carbocycles. The molecule has 222 valence electrons. The molecule has 42 heavy (non-hydrogen) atoms. The zero-order valence-electron chi connectivity index (χ0n) is 24.7. The number of aliphatic carboxylic acids is 1.